The molecule has 0 radical (unpaired) electrons. The van der Waals surface area contributed by atoms with Gasteiger partial charge in [-0.05, 0) is 36.2 Å². The van der Waals surface area contributed by atoms with E-state index in [1.807, 2.05) is 25.2 Å². The maximum Gasteiger partial charge on any atom is 0.227 e. The zero-order chi connectivity index (χ0) is 14.0. The van der Waals surface area contributed by atoms with Crippen molar-refractivity contribution in [2.75, 3.05) is 13.6 Å². The first-order valence-corrected chi connectivity index (χ1v) is 7.15. The second kappa shape index (κ2) is 5.25. The summed E-state index contributed by atoms with van der Waals surface area (Å²) in [5.41, 5.74) is 1.02. The van der Waals surface area contributed by atoms with Gasteiger partial charge in [-0.2, -0.15) is 0 Å². The maximum absolute atomic E-state index is 12.3. The predicted molar refractivity (Wildman–Crippen MR) is 81.4 cm³/mol. The Bertz CT molecular complexity index is 626. The van der Waals surface area contributed by atoms with Crippen molar-refractivity contribution in [2.45, 2.75) is 19.4 Å². The lowest BCUT2D eigenvalue weighted by atomic mass is 10.0. The third-order valence-corrected chi connectivity index (χ3v) is 4.17. The first kappa shape index (κ1) is 13.1. The van der Waals surface area contributed by atoms with Gasteiger partial charge in [-0.15, -0.1) is 0 Å². The van der Waals surface area contributed by atoms with Gasteiger partial charge in [-0.1, -0.05) is 42.5 Å². The Morgan fingerprint density at radius 1 is 1.15 bits per heavy atom. The molecule has 1 saturated carbocycles. The molecule has 2 aromatic carbocycles. The van der Waals surface area contributed by atoms with Crippen LogP contribution in [-0.4, -0.2) is 19.5 Å². The van der Waals surface area contributed by atoms with Gasteiger partial charge in [0.15, 0.2) is 0 Å². The van der Waals surface area contributed by atoms with Gasteiger partial charge in [0, 0.05) is 13.1 Å². The number of amides is 1. The molecule has 20 heavy (non-hydrogen) atoms. The molecule has 1 aliphatic rings. The average Bonchev–Trinajstić information content (AvgIpc) is 3.26. The average molecular weight is 268 g/mol. The summed E-state index contributed by atoms with van der Waals surface area (Å²) in [6.07, 6.45) is 1.99. The van der Waals surface area contributed by atoms with Crippen LogP contribution in [0, 0.1) is 5.41 Å². The van der Waals surface area contributed by atoms with Gasteiger partial charge >= 0.3 is 0 Å². The van der Waals surface area contributed by atoms with Gasteiger partial charge in [0.05, 0.1) is 5.41 Å². The van der Waals surface area contributed by atoms with E-state index >= 15 is 0 Å². The predicted octanol–water partition coefficient (Wildman–Crippen LogP) is 2.46. The van der Waals surface area contributed by atoms with Gasteiger partial charge in [0.2, 0.25) is 5.91 Å². The number of hydrogen-bond acceptors (Lipinski definition) is 2. The minimum absolute atomic E-state index is 0.153. The molecule has 0 bridgehead atoms. The van der Waals surface area contributed by atoms with E-state index in [9.17, 15) is 4.79 Å². The Hall–Kier alpha value is -1.87. The van der Waals surface area contributed by atoms with E-state index in [-0.39, 0.29) is 11.3 Å². The van der Waals surface area contributed by atoms with Crippen molar-refractivity contribution in [1.29, 1.82) is 0 Å². The molecule has 2 aromatic rings. The van der Waals surface area contributed by atoms with Gasteiger partial charge < -0.3 is 10.6 Å². The molecule has 0 aliphatic heterocycles. The number of carbonyl (C=O) groups excluding carboxylic acids is 1. The van der Waals surface area contributed by atoms with Crippen molar-refractivity contribution >= 4 is 16.7 Å². The highest BCUT2D eigenvalue weighted by atomic mass is 16.2. The van der Waals surface area contributed by atoms with Gasteiger partial charge in [0.25, 0.3) is 0 Å². The molecule has 1 fully saturated rings. The highest BCUT2D eigenvalue weighted by molar-refractivity contribution is 5.88. The SMILES string of the molecule is CNCC1(C(=O)NCc2cccc3ccccc23)CC1. The van der Waals surface area contributed by atoms with Crippen LogP contribution >= 0.6 is 0 Å². The minimum Gasteiger partial charge on any atom is -0.351 e. The third kappa shape index (κ3) is 2.41. The van der Waals surface area contributed by atoms with Crippen LogP contribution in [0.1, 0.15) is 18.4 Å². The van der Waals surface area contributed by atoms with Crippen LogP contribution in [0.15, 0.2) is 42.5 Å². The number of nitrogens with one attached hydrogen (secondary N) is 2. The summed E-state index contributed by atoms with van der Waals surface area (Å²) < 4.78 is 0. The Kier molecular flexibility index (Phi) is 3.45. The van der Waals surface area contributed by atoms with Crippen LogP contribution in [0.2, 0.25) is 0 Å². The molecule has 0 spiro atoms. The number of rotatable bonds is 5. The molecule has 3 nitrogen and oxygen atoms in total. The van der Waals surface area contributed by atoms with Crippen LogP contribution in [-0.2, 0) is 11.3 Å². The van der Waals surface area contributed by atoms with Crippen LogP contribution in [0.4, 0.5) is 0 Å². The van der Waals surface area contributed by atoms with E-state index in [1.165, 1.54) is 16.3 Å². The first-order valence-electron chi connectivity index (χ1n) is 7.15. The molecule has 0 aromatic heterocycles. The Morgan fingerprint density at radius 3 is 2.65 bits per heavy atom. The smallest absolute Gasteiger partial charge is 0.227 e. The van der Waals surface area contributed by atoms with Crippen LogP contribution < -0.4 is 10.6 Å². The number of hydrogen-bond donors (Lipinski definition) is 2. The van der Waals surface area contributed by atoms with E-state index in [2.05, 4.69) is 34.9 Å². The third-order valence-electron chi connectivity index (χ3n) is 4.17. The summed E-state index contributed by atoms with van der Waals surface area (Å²) in [4.78, 5) is 12.3. The zero-order valence-electron chi connectivity index (χ0n) is 11.8. The summed E-state index contributed by atoms with van der Waals surface area (Å²) in [6, 6.07) is 14.5. The molecule has 0 heterocycles. The fourth-order valence-electron chi connectivity index (χ4n) is 2.78. The Morgan fingerprint density at radius 2 is 1.90 bits per heavy atom. The monoisotopic (exact) mass is 268 g/mol. The quantitative estimate of drug-likeness (QED) is 0.874. The highest BCUT2D eigenvalue weighted by Crippen LogP contribution is 2.45. The summed E-state index contributed by atoms with van der Waals surface area (Å²) >= 11 is 0. The molecular formula is C17H20N2O. The van der Waals surface area contributed by atoms with E-state index in [1.54, 1.807) is 0 Å². The largest absolute Gasteiger partial charge is 0.351 e. The highest BCUT2D eigenvalue weighted by Gasteiger charge is 2.48. The van der Waals surface area contributed by atoms with Crippen molar-refractivity contribution in [3.05, 3.63) is 48.0 Å². The van der Waals surface area contributed by atoms with Crippen molar-refractivity contribution in [1.82, 2.24) is 10.6 Å². The summed E-state index contributed by atoms with van der Waals surface area (Å²) in [6.45, 7) is 1.38. The molecule has 1 amide bonds. The Labute approximate surface area is 119 Å². The second-order valence-corrected chi connectivity index (χ2v) is 5.63. The minimum atomic E-state index is -0.153. The zero-order valence-corrected chi connectivity index (χ0v) is 11.8. The standard InChI is InChI=1S/C17H20N2O/c1-18-12-17(9-10-17)16(20)19-11-14-7-4-6-13-5-2-3-8-15(13)14/h2-8,18H,9-12H2,1H3,(H,19,20). The van der Waals surface area contributed by atoms with Crippen molar-refractivity contribution in [3.8, 4) is 0 Å². The molecule has 104 valence electrons. The maximum atomic E-state index is 12.3. The summed E-state index contributed by atoms with van der Waals surface area (Å²) in [7, 11) is 1.90. The lowest BCUT2D eigenvalue weighted by molar-refractivity contribution is -0.126. The van der Waals surface area contributed by atoms with Crippen LogP contribution in [0.5, 0.6) is 0 Å². The topological polar surface area (TPSA) is 41.1 Å². The second-order valence-electron chi connectivity index (χ2n) is 5.63. The van der Waals surface area contributed by atoms with E-state index in [0.717, 1.165) is 19.4 Å². The molecular weight excluding hydrogens is 248 g/mol. The van der Waals surface area contributed by atoms with Crippen molar-refractivity contribution in [3.63, 3.8) is 0 Å². The van der Waals surface area contributed by atoms with Crippen LogP contribution in [0.3, 0.4) is 0 Å². The van der Waals surface area contributed by atoms with Crippen LogP contribution in [0.25, 0.3) is 10.8 Å². The van der Waals surface area contributed by atoms with E-state index in [4.69, 9.17) is 0 Å². The lowest BCUT2D eigenvalue weighted by Gasteiger charge is -2.15. The normalized spacial score (nSPS) is 16.1. The first-order chi connectivity index (χ1) is 9.75. The van der Waals surface area contributed by atoms with Gasteiger partial charge in [-0.25, -0.2) is 0 Å². The molecule has 3 heteroatoms. The van der Waals surface area contributed by atoms with Gasteiger partial charge in [-0.3, -0.25) is 4.79 Å². The molecule has 0 unspecified atom stereocenters. The molecule has 0 atom stereocenters. The molecule has 3 rings (SSSR count). The summed E-state index contributed by atoms with van der Waals surface area (Å²) in [5.74, 6) is 0.180. The van der Waals surface area contributed by atoms with E-state index < -0.39 is 0 Å². The number of carbonyl (C=O) groups is 1. The molecule has 2 N–H and O–H groups in total. The fourth-order valence-corrected chi connectivity index (χ4v) is 2.78. The fraction of sp³-hybridized carbons (Fsp3) is 0.353. The molecule has 0 saturated heterocycles. The van der Waals surface area contributed by atoms with Gasteiger partial charge in [0.1, 0.15) is 0 Å². The van der Waals surface area contributed by atoms with E-state index in [0.29, 0.717) is 6.54 Å². The molecule has 1 aliphatic carbocycles. The van der Waals surface area contributed by atoms with Crippen molar-refractivity contribution < 1.29 is 4.79 Å². The lowest BCUT2D eigenvalue weighted by Crippen LogP contribution is -2.37. The summed E-state index contributed by atoms with van der Waals surface area (Å²) in [5, 5.41) is 8.65. The number of benzene rings is 2. The Balaban J connectivity index is 1.73. The van der Waals surface area contributed by atoms with Crippen molar-refractivity contribution in [2.24, 2.45) is 5.41 Å². The number of fused-ring (bicyclic) bond motifs is 1.